The van der Waals surface area contributed by atoms with Crippen LogP contribution in [0.4, 0.5) is 39.5 Å². The second-order valence-electron chi connectivity index (χ2n) is 2.89. The Labute approximate surface area is 98.3 Å². The maximum absolute atomic E-state index is 12.7. The van der Waals surface area contributed by atoms with Crippen molar-refractivity contribution in [3.8, 4) is 0 Å². The van der Waals surface area contributed by atoms with Crippen molar-refractivity contribution in [2.75, 3.05) is 6.61 Å². The van der Waals surface area contributed by atoms with E-state index in [-0.39, 0.29) is 0 Å². The molecule has 0 saturated heterocycles. The van der Waals surface area contributed by atoms with Gasteiger partial charge in [-0.25, -0.2) is 17.9 Å². The molecule has 0 radical (unpaired) electrons. The molecule has 0 fully saturated rings. The third-order valence-corrected chi connectivity index (χ3v) is 2.26. The molecule has 0 aliphatic heterocycles. The standard InChI is InChI=1S/C5H4F9O4P/c6-2(7)4(11,5(12,13)14)18-19(15,16)17-1-3(8,9)10/h2H,1H2,(H,15,16). The van der Waals surface area contributed by atoms with E-state index in [1.807, 2.05) is 0 Å². The second kappa shape index (κ2) is 5.46. The minimum absolute atomic E-state index is 2.49. The van der Waals surface area contributed by atoms with Gasteiger partial charge in [0.15, 0.2) is 6.61 Å². The van der Waals surface area contributed by atoms with Crippen LogP contribution in [-0.2, 0) is 13.6 Å². The molecule has 14 heteroatoms. The predicted octanol–water partition coefficient (Wildman–Crippen LogP) is 3.18. The zero-order valence-electron chi connectivity index (χ0n) is 8.31. The highest BCUT2D eigenvalue weighted by Crippen LogP contribution is 2.54. The normalized spacial score (nSPS) is 20.2. The lowest BCUT2D eigenvalue weighted by atomic mass is 10.3. The summed E-state index contributed by atoms with van der Waals surface area (Å²) in [7, 11) is -6.36. The van der Waals surface area contributed by atoms with Crippen LogP contribution >= 0.6 is 7.82 Å². The van der Waals surface area contributed by atoms with Crippen LogP contribution in [0.1, 0.15) is 0 Å². The van der Waals surface area contributed by atoms with Crippen molar-refractivity contribution in [1.29, 1.82) is 0 Å². The average Bonchev–Trinajstić information content (AvgIpc) is 2.11. The van der Waals surface area contributed by atoms with Gasteiger partial charge in [0.05, 0.1) is 0 Å². The molecule has 1 N–H and O–H groups in total. The molecule has 0 aromatic carbocycles. The molecule has 0 heterocycles. The van der Waals surface area contributed by atoms with Gasteiger partial charge in [0, 0.05) is 0 Å². The fraction of sp³-hybridized carbons (Fsp3) is 1.00. The Morgan fingerprint density at radius 3 is 1.74 bits per heavy atom. The summed E-state index contributed by atoms with van der Waals surface area (Å²) < 4.78 is 123. The van der Waals surface area contributed by atoms with Gasteiger partial charge in [0.1, 0.15) is 0 Å². The number of phosphoric acid groups is 1. The highest BCUT2D eigenvalue weighted by Gasteiger charge is 2.67. The molecule has 0 amide bonds. The quantitative estimate of drug-likeness (QED) is 0.621. The van der Waals surface area contributed by atoms with Crippen LogP contribution in [0.15, 0.2) is 0 Å². The molecule has 0 aliphatic rings. The van der Waals surface area contributed by atoms with Gasteiger partial charge >= 0.3 is 32.5 Å². The topological polar surface area (TPSA) is 55.8 Å². The first-order valence-electron chi connectivity index (χ1n) is 3.89. The fourth-order valence-corrected chi connectivity index (χ4v) is 1.45. The molecule has 2 atom stereocenters. The Morgan fingerprint density at radius 2 is 1.47 bits per heavy atom. The van der Waals surface area contributed by atoms with Crippen LogP contribution in [-0.4, -0.2) is 36.1 Å². The monoisotopic (exact) mass is 330 g/mol. The van der Waals surface area contributed by atoms with Crippen LogP contribution < -0.4 is 0 Å². The summed E-state index contributed by atoms with van der Waals surface area (Å²) in [5, 5.41) is 0. The Hall–Kier alpha value is -0.520. The van der Waals surface area contributed by atoms with Crippen LogP contribution in [0, 0.1) is 0 Å². The molecule has 0 aliphatic carbocycles. The average molecular weight is 330 g/mol. The van der Waals surface area contributed by atoms with E-state index in [1.54, 1.807) is 0 Å². The van der Waals surface area contributed by atoms with E-state index in [1.165, 1.54) is 0 Å². The van der Waals surface area contributed by atoms with Crippen LogP contribution in [0.5, 0.6) is 0 Å². The first-order valence-corrected chi connectivity index (χ1v) is 5.39. The van der Waals surface area contributed by atoms with Crippen molar-refractivity contribution in [2.24, 2.45) is 0 Å². The van der Waals surface area contributed by atoms with Crippen molar-refractivity contribution in [3.05, 3.63) is 0 Å². The van der Waals surface area contributed by atoms with Gasteiger partial charge in [-0.3, -0.25) is 4.52 Å². The third-order valence-electron chi connectivity index (χ3n) is 1.31. The van der Waals surface area contributed by atoms with E-state index >= 15 is 0 Å². The summed E-state index contributed by atoms with van der Waals surface area (Å²) in [6.07, 6.45) is -16.7. The minimum atomic E-state index is -6.47. The van der Waals surface area contributed by atoms with Gasteiger partial charge in [-0.05, 0) is 0 Å². The number of hydrogen-bond donors (Lipinski definition) is 1. The zero-order valence-corrected chi connectivity index (χ0v) is 9.20. The van der Waals surface area contributed by atoms with E-state index in [2.05, 4.69) is 9.05 Å². The van der Waals surface area contributed by atoms with Crippen molar-refractivity contribution >= 4 is 7.82 Å². The van der Waals surface area contributed by atoms with Crippen molar-refractivity contribution in [3.63, 3.8) is 0 Å². The number of phosphoric ester groups is 1. The van der Waals surface area contributed by atoms with E-state index in [9.17, 15) is 44.1 Å². The summed E-state index contributed by atoms with van der Waals surface area (Å²) >= 11 is 0. The van der Waals surface area contributed by atoms with Crippen molar-refractivity contribution in [2.45, 2.75) is 24.6 Å². The molecule has 2 unspecified atom stereocenters. The number of rotatable bonds is 5. The minimum Gasteiger partial charge on any atom is -0.302 e. The van der Waals surface area contributed by atoms with Gasteiger partial charge in [-0.15, -0.1) is 0 Å². The van der Waals surface area contributed by atoms with Gasteiger partial charge in [0.2, 0.25) is 0 Å². The number of hydrogen-bond acceptors (Lipinski definition) is 3. The predicted molar refractivity (Wildman–Crippen MR) is 38.8 cm³/mol. The Morgan fingerprint density at radius 1 is 1.05 bits per heavy atom. The van der Waals surface area contributed by atoms with Crippen LogP contribution in [0.2, 0.25) is 0 Å². The highest BCUT2D eigenvalue weighted by molar-refractivity contribution is 7.47. The maximum atomic E-state index is 12.7. The molecule has 116 valence electrons. The molecule has 0 spiro atoms. The Balaban J connectivity index is 5.01. The van der Waals surface area contributed by atoms with Gasteiger partial charge < -0.3 is 4.89 Å². The lowest BCUT2D eigenvalue weighted by Gasteiger charge is -2.28. The van der Waals surface area contributed by atoms with Gasteiger partial charge in [-0.2, -0.15) is 30.7 Å². The van der Waals surface area contributed by atoms with E-state index in [0.717, 1.165) is 0 Å². The molecule has 0 aromatic heterocycles. The summed E-state index contributed by atoms with van der Waals surface area (Å²) in [6.45, 7) is -2.60. The van der Waals surface area contributed by atoms with Crippen molar-refractivity contribution < 1.29 is 58.0 Å². The molecule has 0 bridgehead atoms. The highest BCUT2D eigenvalue weighted by atomic mass is 31.2. The largest absolute Gasteiger partial charge is 0.475 e. The van der Waals surface area contributed by atoms with E-state index < -0.39 is 39.1 Å². The van der Waals surface area contributed by atoms with E-state index in [0.29, 0.717) is 0 Å². The molecular weight excluding hydrogens is 326 g/mol. The summed E-state index contributed by atoms with van der Waals surface area (Å²) in [6, 6.07) is 0. The SMILES string of the molecule is O=P(O)(OCC(F)(F)F)OC(F)(C(F)F)C(F)(F)F. The summed E-state index contributed by atoms with van der Waals surface area (Å²) in [5.41, 5.74) is 0. The number of halogens is 9. The summed E-state index contributed by atoms with van der Waals surface area (Å²) in [4.78, 5) is 8.36. The molecular formula is C5H4F9O4P. The lowest BCUT2D eigenvalue weighted by Crippen LogP contribution is -2.49. The summed E-state index contributed by atoms with van der Waals surface area (Å²) in [5.74, 6) is -5.94. The number of alkyl halides is 9. The van der Waals surface area contributed by atoms with Crippen LogP contribution in [0.3, 0.4) is 0 Å². The smallest absolute Gasteiger partial charge is 0.302 e. The Kier molecular flexibility index (Phi) is 5.31. The van der Waals surface area contributed by atoms with Gasteiger partial charge in [0.25, 0.3) is 0 Å². The zero-order chi connectivity index (χ0) is 15.7. The molecule has 0 saturated carbocycles. The Bertz CT molecular complexity index is 351. The second-order valence-corrected chi connectivity index (χ2v) is 4.27. The van der Waals surface area contributed by atoms with Crippen molar-refractivity contribution in [1.82, 2.24) is 0 Å². The molecule has 19 heavy (non-hydrogen) atoms. The van der Waals surface area contributed by atoms with Gasteiger partial charge in [-0.1, -0.05) is 0 Å². The fourth-order valence-electron chi connectivity index (χ4n) is 0.564. The lowest BCUT2D eigenvalue weighted by molar-refractivity contribution is -0.345. The van der Waals surface area contributed by atoms with Crippen LogP contribution in [0.25, 0.3) is 0 Å². The first kappa shape index (κ1) is 18.5. The molecule has 4 nitrogen and oxygen atoms in total. The molecule has 0 aromatic rings. The van der Waals surface area contributed by atoms with E-state index in [4.69, 9.17) is 4.89 Å². The first-order chi connectivity index (χ1) is 8.11. The third kappa shape index (κ3) is 5.55. The molecule has 0 rings (SSSR count). The maximum Gasteiger partial charge on any atom is 0.475 e.